The van der Waals surface area contributed by atoms with Gasteiger partial charge in [-0.05, 0) is 24.5 Å². The number of hydrogen-bond acceptors (Lipinski definition) is 7. The van der Waals surface area contributed by atoms with Gasteiger partial charge in [-0.15, -0.1) is 3.63 Å². The molecule has 10 nitrogen and oxygen atoms in total. The SMILES string of the molecule is FC(F)(F)c1ccccc1C1CCCn2ncnc21.O=S(=O)(O)OS(=O)(=O)O. The third-order valence-corrected chi connectivity index (χ3v) is 5.01. The molecule has 1 aromatic heterocycles. The molecule has 2 heterocycles. The number of hydrogen-bond donors (Lipinski definition) is 2. The van der Waals surface area contributed by atoms with Gasteiger partial charge in [0, 0.05) is 12.5 Å². The van der Waals surface area contributed by atoms with Crippen LogP contribution in [0.5, 0.6) is 0 Å². The summed E-state index contributed by atoms with van der Waals surface area (Å²) in [6, 6.07) is 5.72. The summed E-state index contributed by atoms with van der Waals surface area (Å²) in [6.07, 6.45) is -1.44. The van der Waals surface area contributed by atoms with Crippen molar-refractivity contribution in [1.82, 2.24) is 14.8 Å². The number of nitrogens with zero attached hydrogens (tertiary/aromatic N) is 3. The van der Waals surface area contributed by atoms with Crippen molar-refractivity contribution < 1.29 is 42.7 Å². The molecule has 1 aromatic carbocycles. The number of alkyl halides is 3. The van der Waals surface area contributed by atoms with Gasteiger partial charge < -0.3 is 0 Å². The van der Waals surface area contributed by atoms with E-state index in [1.807, 2.05) is 0 Å². The van der Waals surface area contributed by atoms with Crippen LogP contribution in [-0.2, 0) is 37.1 Å². The van der Waals surface area contributed by atoms with Gasteiger partial charge in [0.05, 0.1) is 5.56 Å². The molecule has 0 aliphatic carbocycles. The van der Waals surface area contributed by atoms with Crippen molar-refractivity contribution in [3.63, 3.8) is 0 Å². The molecule has 0 saturated carbocycles. The summed E-state index contributed by atoms with van der Waals surface area (Å²) in [7, 11) is -10.2. The molecule has 3 rings (SSSR count). The molecule has 1 aliphatic rings. The van der Waals surface area contributed by atoms with Crippen molar-refractivity contribution in [2.75, 3.05) is 0 Å². The lowest BCUT2D eigenvalue weighted by atomic mass is 9.88. The monoisotopic (exact) mass is 445 g/mol. The van der Waals surface area contributed by atoms with Crippen LogP contribution in [0.25, 0.3) is 0 Å². The average molecular weight is 445 g/mol. The zero-order valence-electron chi connectivity index (χ0n) is 13.8. The zero-order valence-corrected chi connectivity index (χ0v) is 15.4. The molecule has 1 aliphatic heterocycles. The predicted octanol–water partition coefficient (Wildman–Crippen LogP) is 1.83. The maximum atomic E-state index is 13.1. The quantitative estimate of drug-likeness (QED) is 0.675. The van der Waals surface area contributed by atoms with E-state index in [0.717, 1.165) is 19.0 Å². The van der Waals surface area contributed by atoms with Crippen molar-refractivity contribution in [3.8, 4) is 0 Å². The maximum Gasteiger partial charge on any atom is 0.416 e. The highest BCUT2D eigenvalue weighted by Gasteiger charge is 2.36. The van der Waals surface area contributed by atoms with Gasteiger partial charge >= 0.3 is 27.0 Å². The summed E-state index contributed by atoms with van der Waals surface area (Å²) in [5, 5.41) is 4.05. The van der Waals surface area contributed by atoms with Gasteiger partial charge in [0.1, 0.15) is 12.2 Å². The second-order valence-corrected chi connectivity index (χ2v) is 7.80. The van der Waals surface area contributed by atoms with Crippen molar-refractivity contribution in [1.29, 1.82) is 0 Å². The van der Waals surface area contributed by atoms with Gasteiger partial charge in [-0.3, -0.25) is 9.11 Å². The van der Waals surface area contributed by atoms with Gasteiger partial charge in [0.15, 0.2) is 0 Å². The van der Waals surface area contributed by atoms with Crippen molar-refractivity contribution in [3.05, 3.63) is 47.5 Å². The molecular formula is C13H14F3N3O7S2. The number of benzene rings is 1. The first-order valence-corrected chi connectivity index (χ1v) is 10.2. The smallest absolute Gasteiger partial charge is 0.263 e. The Labute approximate surface area is 157 Å². The summed E-state index contributed by atoms with van der Waals surface area (Å²) in [4.78, 5) is 4.12. The largest absolute Gasteiger partial charge is 0.416 e. The van der Waals surface area contributed by atoms with Crippen LogP contribution < -0.4 is 0 Å². The molecule has 1 atom stereocenters. The van der Waals surface area contributed by atoms with Crippen LogP contribution >= 0.6 is 0 Å². The van der Waals surface area contributed by atoms with E-state index in [2.05, 4.69) is 13.7 Å². The summed E-state index contributed by atoms with van der Waals surface area (Å²) in [5.41, 5.74) is -0.277. The van der Waals surface area contributed by atoms with E-state index >= 15 is 0 Å². The number of halogens is 3. The highest BCUT2D eigenvalue weighted by atomic mass is 32.3. The van der Waals surface area contributed by atoms with Crippen molar-refractivity contribution in [2.45, 2.75) is 31.5 Å². The Kier molecular flexibility index (Phi) is 6.44. The number of aromatic nitrogens is 3. The normalized spacial score (nSPS) is 17.4. The average Bonchev–Trinajstić information content (AvgIpc) is 2.99. The fraction of sp³-hybridized carbons (Fsp3) is 0.385. The third-order valence-electron chi connectivity index (χ3n) is 3.63. The van der Waals surface area contributed by atoms with E-state index in [-0.39, 0.29) is 5.92 Å². The lowest BCUT2D eigenvalue weighted by molar-refractivity contribution is -0.138. The fourth-order valence-electron chi connectivity index (χ4n) is 2.75. The Balaban J connectivity index is 0.000000266. The molecule has 0 bridgehead atoms. The molecule has 0 radical (unpaired) electrons. The molecule has 0 spiro atoms. The maximum absolute atomic E-state index is 13.1. The number of aryl methyl sites for hydroxylation is 1. The second kappa shape index (κ2) is 8.12. The van der Waals surface area contributed by atoms with Crippen LogP contribution in [0.3, 0.4) is 0 Å². The Morgan fingerprint density at radius 1 is 1.11 bits per heavy atom. The van der Waals surface area contributed by atoms with Crippen molar-refractivity contribution >= 4 is 20.8 Å². The predicted molar refractivity (Wildman–Crippen MR) is 86.7 cm³/mol. The molecular weight excluding hydrogens is 431 g/mol. The Hall–Kier alpha value is -2.07. The fourth-order valence-corrected chi connectivity index (χ4v) is 3.62. The summed E-state index contributed by atoms with van der Waals surface area (Å²) < 4.78 is 96.5. The third kappa shape index (κ3) is 6.23. The lowest BCUT2D eigenvalue weighted by Gasteiger charge is -2.25. The number of rotatable bonds is 3. The molecule has 156 valence electrons. The van der Waals surface area contributed by atoms with E-state index < -0.39 is 32.5 Å². The molecule has 28 heavy (non-hydrogen) atoms. The molecule has 0 amide bonds. The van der Waals surface area contributed by atoms with Crippen LogP contribution in [0.4, 0.5) is 13.2 Å². The van der Waals surface area contributed by atoms with Gasteiger partial charge in [0.25, 0.3) is 0 Å². The molecule has 0 saturated heterocycles. The molecule has 15 heteroatoms. The van der Waals surface area contributed by atoms with E-state index in [1.165, 1.54) is 18.5 Å². The first kappa shape index (κ1) is 22.2. The lowest BCUT2D eigenvalue weighted by Crippen LogP contribution is -2.21. The number of fused-ring (bicyclic) bond motifs is 1. The summed E-state index contributed by atoms with van der Waals surface area (Å²) in [5.74, 6) is 0.303. The van der Waals surface area contributed by atoms with Gasteiger partial charge in [-0.1, -0.05) is 18.2 Å². The van der Waals surface area contributed by atoms with Crippen LogP contribution in [0, 0.1) is 0 Å². The molecule has 2 aromatic rings. The highest BCUT2D eigenvalue weighted by molar-refractivity contribution is 7.94. The molecule has 0 fully saturated rings. The zero-order chi connectivity index (χ0) is 21.2. The van der Waals surface area contributed by atoms with Crippen LogP contribution in [-0.4, -0.2) is 40.7 Å². The van der Waals surface area contributed by atoms with Gasteiger partial charge in [-0.25, -0.2) is 9.67 Å². The Morgan fingerprint density at radius 2 is 1.71 bits per heavy atom. The van der Waals surface area contributed by atoms with E-state index in [1.54, 1.807) is 10.7 Å². The van der Waals surface area contributed by atoms with E-state index in [0.29, 0.717) is 17.8 Å². The van der Waals surface area contributed by atoms with Crippen molar-refractivity contribution in [2.24, 2.45) is 0 Å². The van der Waals surface area contributed by atoms with E-state index in [4.69, 9.17) is 9.11 Å². The minimum absolute atomic E-state index is 0.295. The van der Waals surface area contributed by atoms with Gasteiger partial charge in [-0.2, -0.15) is 35.1 Å². The minimum atomic E-state index is -5.12. The van der Waals surface area contributed by atoms with Crippen LogP contribution in [0.15, 0.2) is 30.6 Å². The van der Waals surface area contributed by atoms with Crippen LogP contribution in [0.2, 0.25) is 0 Å². The molecule has 1 unspecified atom stereocenters. The molecule has 2 N–H and O–H groups in total. The second-order valence-electron chi connectivity index (χ2n) is 5.54. The van der Waals surface area contributed by atoms with E-state index in [9.17, 15) is 30.0 Å². The topological polar surface area (TPSA) is 149 Å². The minimum Gasteiger partial charge on any atom is -0.263 e. The summed E-state index contributed by atoms with van der Waals surface area (Å²) >= 11 is 0. The Morgan fingerprint density at radius 3 is 2.25 bits per heavy atom. The summed E-state index contributed by atoms with van der Waals surface area (Å²) in [6.45, 7) is 0.722. The first-order chi connectivity index (χ1) is 12.8. The first-order valence-electron chi connectivity index (χ1n) is 7.47. The van der Waals surface area contributed by atoms with Gasteiger partial charge in [0.2, 0.25) is 0 Å². The Bertz CT molecular complexity index is 1010. The highest BCUT2D eigenvalue weighted by Crippen LogP contribution is 2.39. The standard InChI is InChI=1S/C13H12F3N3.H2O7S2/c14-13(15,16)11-6-2-1-4-9(11)10-5-3-7-19-12(10)17-8-18-19;1-8(2,3)7-9(4,5)6/h1-2,4,6,8,10H,3,5,7H2;(H,1,2,3)(H,4,5,6). The van der Waals surface area contributed by atoms with Crippen LogP contribution in [0.1, 0.15) is 35.7 Å².